The van der Waals surface area contributed by atoms with Gasteiger partial charge in [-0.2, -0.15) is 0 Å². The summed E-state index contributed by atoms with van der Waals surface area (Å²) in [6.07, 6.45) is -0.551. The lowest BCUT2D eigenvalue weighted by Crippen LogP contribution is -2.20. The lowest BCUT2D eigenvalue weighted by molar-refractivity contribution is 0.0844. The molecule has 1 aliphatic heterocycles. The molecule has 0 aromatic heterocycles. The van der Waals surface area contributed by atoms with Crippen molar-refractivity contribution in [3.63, 3.8) is 0 Å². The van der Waals surface area contributed by atoms with Gasteiger partial charge in [-0.15, -0.1) is 0 Å². The molecule has 0 aliphatic carbocycles. The molecule has 1 heterocycles. The van der Waals surface area contributed by atoms with Crippen molar-refractivity contribution < 1.29 is 29.6 Å². The molecule has 0 spiro atoms. The lowest BCUT2D eigenvalue weighted by Gasteiger charge is -2.27. The van der Waals surface area contributed by atoms with Gasteiger partial charge in [-0.3, -0.25) is 4.79 Å². The van der Waals surface area contributed by atoms with E-state index < -0.39 is 6.10 Å². The van der Waals surface area contributed by atoms with Crippen LogP contribution in [0.2, 0.25) is 0 Å². The fourth-order valence-corrected chi connectivity index (χ4v) is 2.64. The number of carbonyl (C=O) groups is 1. The summed E-state index contributed by atoms with van der Waals surface area (Å²) < 4.78 is 10.8. The van der Waals surface area contributed by atoms with Crippen LogP contribution >= 0.6 is 0 Å². The van der Waals surface area contributed by atoms with E-state index >= 15 is 0 Å². The summed E-state index contributed by atoms with van der Waals surface area (Å²) >= 11 is 0. The molecule has 3 rings (SSSR count). The maximum Gasteiger partial charge on any atom is 0.174 e. The molecule has 6 heteroatoms. The van der Waals surface area contributed by atoms with E-state index in [1.807, 2.05) is 0 Å². The van der Waals surface area contributed by atoms with Gasteiger partial charge in [-0.1, -0.05) is 6.07 Å². The summed E-state index contributed by atoms with van der Waals surface area (Å²) in [6, 6.07) is 6.01. The van der Waals surface area contributed by atoms with Gasteiger partial charge >= 0.3 is 0 Å². The molecule has 0 fully saturated rings. The van der Waals surface area contributed by atoms with Crippen molar-refractivity contribution in [2.45, 2.75) is 19.4 Å². The zero-order valence-electron chi connectivity index (χ0n) is 12.7. The highest BCUT2D eigenvalue weighted by Gasteiger charge is 2.32. The van der Waals surface area contributed by atoms with Gasteiger partial charge < -0.3 is 24.8 Å². The molecule has 6 nitrogen and oxygen atoms in total. The summed E-state index contributed by atoms with van der Waals surface area (Å²) in [4.78, 5) is 12.4. The third kappa shape index (κ3) is 2.42. The second-order valence-electron chi connectivity index (χ2n) is 5.41. The highest BCUT2D eigenvalue weighted by atomic mass is 16.5. The van der Waals surface area contributed by atoms with Crippen LogP contribution in [0.1, 0.15) is 34.0 Å². The number of phenolic OH excluding ortho intramolecular Hbond substituents is 3. The predicted octanol–water partition coefficient (Wildman–Crippen LogP) is 2.83. The highest BCUT2D eigenvalue weighted by molar-refractivity contribution is 6.03. The number of aromatic hydroxyl groups is 3. The maximum absolute atomic E-state index is 12.4. The van der Waals surface area contributed by atoms with E-state index in [2.05, 4.69) is 0 Å². The van der Waals surface area contributed by atoms with Gasteiger partial charge in [0.15, 0.2) is 17.3 Å². The molecular formula is C17H16O6. The Hall–Kier alpha value is -2.89. The molecule has 1 unspecified atom stereocenters. The van der Waals surface area contributed by atoms with Gasteiger partial charge in [0.25, 0.3) is 0 Å². The van der Waals surface area contributed by atoms with Crippen LogP contribution < -0.4 is 9.47 Å². The first-order chi connectivity index (χ1) is 10.9. The number of fused-ring (bicyclic) bond motifs is 1. The highest BCUT2D eigenvalue weighted by Crippen LogP contribution is 2.44. The Morgan fingerprint density at radius 1 is 1.17 bits per heavy atom. The molecule has 0 bridgehead atoms. The lowest BCUT2D eigenvalue weighted by atomic mass is 9.94. The molecule has 120 valence electrons. The van der Waals surface area contributed by atoms with E-state index in [0.717, 1.165) is 0 Å². The Balaban J connectivity index is 2.03. The number of hydrogen-bond donors (Lipinski definition) is 3. The first kappa shape index (κ1) is 15.0. The molecule has 0 radical (unpaired) electrons. The maximum atomic E-state index is 12.4. The van der Waals surface area contributed by atoms with Gasteiger partial charge in [0, 0.05) is 11.6 Å². The molecule has 0 amide bonds. The van der Waals surface area contributed by atoms with Crippen molar-refractivity contribution in [1.82, 2.24) is 0 Å². The van der Waals surface area contributed by atoms with Gasteiger partial charge in [0.05, 0.1) is 13.5 Å². The van der Waals surface area contributed by atoms with Crippen molar-refractivity contribution in [1.29, 1.82) is 0 Å². The molecule has 2 aromatic carbocycles. The third-order valence-electron chi connectivity index (χ3n) is 3.98. The Labute approximate surface area is 132 Å². The molecule has 0 saturated heterocycles. The van der Waals surface area contributed by atoms with Gasteiger partial charge in [0.1, 0.15) is 28.9 Å². The molecule has 3 N–H and O–H groups in total. The number of phenols is 3. The average molecular weight is 316 g/mol. The van der Waals surface area contributed by atoms with E-state index in [1.54, 1.807) is 12.1 Å². The zero-order chi connectivity index (χ0) is 16.7. The van der Waals surface area contributed by atoms with E-state index in [-0.39, 0.29) is 52.1 Å². The summed E-state index contributed by atoms with van der Waals surface area (Å²) in [6.45, 7) is 1.52. The first-order valence-electron chi connectivity index (χ1n) is 7.04. The largest absolute Gasteiger partial charge is 0.507 e. The molecule has 2 aromatic rings. The predicted molar refractivity (Wildman–Crippen MR) is 81.5 cm³/mol. The van der Waals surface area contributed by atoms with Crippen molar-refractivity contribution >= 4 is 5.78 Å². The van der Waals surface area contributed by atoms with Crippen molar-refractivity contribution in [3.8, 4) is 28.7 Å². The summed E-state index contributed by atoms with van der Waals surface area (Å²) in [7, 11) is 1.43. The smallest absolute Gasteiger partial charge is 0.174 e. The number of methoxy groups -OCH3 is 1. The van der Waals surface area contributed by atoms with Crippen LogP contribution in [-0.4, -0.2) is 28.2 Å². The van der Waals surface area contributed by atoms with E-state index in [9.17, 15) is 20.1 Å². The number of ketones is 1. The van der Waals surface area contributed by atoms with Crippen LogP contribution in [-0.2, 0) is 0 Å². The second kappa shape index (κ2) is 5.39. The van der Waals surface area contributed by atoms with Gasteiger partial charge in [0.2, 0.25) is 0 Å². The summed E-state index contributed by atoms with van der Waals surface area (Å²) in [5.41, 5.74) is 0.978. The molecule has 1 atom stereocenters. The van der Waals surface area contributed by atoms with Crippen LogP contribution in [0.25, 0.3) is 0 Å². The second-order valence-corrected chi connectivity index (χ2v) is 5.41. The fourth-order valence-electron chi connectivity index (χ4n) is 2.64. The van der Waals surface area contributed by atoms with E-state index in [1.165, 1.54) is 26.2 Å². The standard InChI is InChI=1S/C17H16O6/c1-8-11(19)6-15-16(17(8)21)12(20)7-13(23-15)9-3-4-10(18)14(5-9)22-2/h3-6,13,18-19,21H,7H2,1-2H3. The van der Waals surface area contributed by atoms with Crippen LogP contribution in [0.15, 0.2) is 24.3 Å². The van der Waals surface area contributed by atoms with E-state index in [0.29, 0.717) is 5.56 Å². The summed E-state index contributed by atoms with van der Waals surface area (Å²) in [5.74, 6) is -0.267. The van der Waals surface area contributed by atoms with Crippen molar-refractivity contribution in [2.75, 3.05) is 7.11 Å². The number of Topliss-reactive ketones (excluding diaryl/α,β-unsaturated/α-hetero) is 1. The first-order valence-corrected chi connectivity index (χ1v) is 7.04. The summed E-state index contributed by atoms with van der Waals surface area (Å²) in [5, 5.41) is 29.5. The Kier molecular flexibility index (Phi) is 3.52. The van der Waals surface area contributed by atoms with E-state index in [4.69, 9.17) is 9.47 Å². The van der Waals surface area contributed by atoms with Gasteiger partial charge in [-0.05, 0) is 24.6 Å². The Morgan fingerprint density at radius 2 is 1.91 bits per heavy atom. The number of hydrogen-bond acceptors (Lipinski definition) is 6. The molecular weight excluding hydrogens is 300 g/mol. The SMILES string of the molecule is COc1cc(C2CC(=O)c3c(cc(O)c(C)c3O)O2)ccc1O. The number of ether oxygens (including phenoxy) is 2. The fraction of sp³-hybridized carbons (Fsp3) is 0.235. The minimum atomic E-state index is -0.592. The minimum absolute atomic E-state index is 0.00954. The van der Waals surface area contributed by atoms with Crippen LogP contribution in [0.5, 0.6) is 28.7 Å². The zero-order valence-corrected chi connectivity index (χ0v) is 12.7. The number of benzene rings is 2. The molecule has 0 saturated carbocycles. The van der Waals surface area contributed by atoms with Crippen LogP contribution in [0, 0.1) is 6.92 Å². The van der Waals surface area contributed by atoms with Gasteiger partial charge in [-0.25, -0.2) is 0 Å². The number of carbonyl (C=O) groups excluding carboxylic acids is 1. The average Bonchev–Trinajstić information content (AvgIpc) is 2.52. The third-order valence-corrected chi connectivity index (χ3v) is 3.98. The minimum Gasteiger partial charge on any atom is -0.507 e. The number of rotatable bonds is 2. The molecule has 1 aliphatic rings. The molecule has 23 heavy (non-hydrogen) atoms. The normalized spacial score (nSPS) is 16.6. The quantitative estimate of drug-likeness (QED) is 0.788. The van der Waals surface area contributed by atoms with Crippen molar-refractivity contribution in [3.05, 3.63) is 41.0 Å². The Morgan fingerprint density at radius 3 is 2.61 bits per heavy atom. The van der Waals surface area contributed by atoms with Crippen molar-refractivity contribution in [2.24, 2.45) is 0 Å². The topological polar surface area (TPSA) is 96.2 Å². The van der Waals surface area contributed by atoms with Crippen LogP contribution in [0.4, 0.5) is 0 Å². The Bertz CT molecular complexity index is 796. The van der Waals surface area contributed by atoms with Crippen LogP contribution in [0.3, 0.4) is 0 Å². The monoisotopic (exact) mass is 316 g/mol.